The Labute approximate surface area is 193 Å². The number of hydrogen-bond acceptors (Lipinski definition) is 4. The molecule has 7 nitrogen and oxygen atoms in total. The monoisotopic (exact) mass is 458 g/mol. The molecule has 2 N–H and O–H groups in total. The van der Waals surface area contributed by atoms with Crippen LogP contribution in [-0.4, -0.2) is 31.8 Å². The van der Waals surface area contributed by atoms with Crippen molar-refractivity contribution in [2.45, 2.75) is 32.2 Å². The van der Waals surface area contributed by atoms with Gasteiger partial charge in [0.15, 0.2) is 5.82 Å². The van der Waals surface area contributed by atoms with E-state index < -0.39 is 5.97 Å². The number of H-pyrrole nitrogens is 1. The third-order valence-corrected chi connectivity index (χ3v) is 6.85. The Morgan fingerprint density at radius 2 is 2.00 bits per heavy atom. The molecule has 0 unspecified atom stereocenters. The second-order valence-corrected chi connectivity index (χ2v) is 8.81. The van der Waals surface area contributed by atoms with Crippen LogP contribution in [0.1, 0.15) is 39.2 Å². The van der Waals surface area contributed by atoms with Gasteiger partial charge in [0.05, 0.1) is 6.54 Å². The highest BCUT2D eigenvalue weighted by Crippen LogP contribution is 2.38. The molecule has 0 fully saturated rings. The fourth-order valence-corrected chi connectivity index (χ4v) is 5.23. The van der Waals surface area contributed by atoms with Crippen molar-refractivity contribution in [3.05, 3.63) is 80.0 Å². The molecule has 0 bridgehead atoms. The highest BCUT2D eigenvalue weighted by molar-refractivity contribution is 6.30. The van der Waals surface area contributed by atoms with E-state index in [0.717, 1.165) is 35.7 Å². The molecule has 1 aromatic carbocycles. The number of aromatic nitrogens is 3. The van der Waals surface area contributed by atoms with Crippen LogP contribution in [0.15, 0.2) is 46.3 Å². The van der Waals surface area contributed by atoms with Crippen molar-refractivity contribution < 1.29 is 9.90 Å². The van der Waals surface area contributed by atoms with Gasteiger partial charge >= 0.3 is 5.97 Å². The summed E-state index contributed by atoms with van der Waals surface area (Å²) in [5.74, 6) is -0.493. The third kappa shape index (κ3) is 3.11. The highest BCUT2D eigenvalue weighted by atomic mass is 35.5. The SMILES string of the molecule is O=C(O)c1c(-c2ccc[nH]c2=O)c2cc3c(cc2n1Cc1cc2c(nc1Cl)N=CC2)CCC3. The average molecular weight is 459 g/mol. The molecule has 3 aromatic heterocycles. The molecule has 0 spiro atoms. The molecule has 1 aliphatic carbocycles. The van der Waals surface area contributed by atoms with Crippen LogP contribution in [-0.2, 0) is 25.8 Å². The van der Waals surface area contributed by atoms with E-state index in [2.05, 4.69) is 27.1 Å². The molecular formula is C25H19ClN4O3. The van der Waals surface area contributed by atoms with Crippen LogP contribution in [0.5, 0.6) is 0 Å². The van der Waals surface area contributed by atoms with Gasteiger partial charge in [0, 0.05) is 52.0 Å². The summed E-state index contributed by atoms with van der Waals surface area (Å²) < 4.78 is 1.75. The molecule has 4 heterocycles. The largest absolute Gasteiger partial charge is 0.477 e. The van der Waals surface area contributed by atoms with Crippen LogP contribution in [0.25, 0.3) is 22.0 Å². The summed E-state index contributed by atoms with van der Waals surface area (Å²) in [5.41, 5.74) is 5.40. The average Bonchev–Trinajstić information content (AvgIpc) is 3.50. The lowest BCUT2D eigenvalue weighted by atomic mass is 10.00. The molecule has 164 valence electrons. The molecule has 0 saturated carbocycles. The van der Waals surface area contributed by atoms with Gasteiger partial charge in [-0.25, -0.2) is 14.8 Å². The third-order valence-electron chi connectivity index (χ3n) is 6.53. The molecule has 0 amide bonds. The highest BCUT2D eigenvalue weighted by Gasteiger charge is 2.28. The zero-order valence-electron chi connectivity index (χ0n) is 17.6. The smallest absolute Gasteiger partial charge is 0.353 e. The summed E-state index contributed by atoms with van der Waals surface area (Å²) in [5, 5.41) is 11.4. The molecule has 8 heteroatoms. The summed E-state index contributed by atoms with van der Waals surface area (Å²) >= 11 is 6.48. The molecule has 0 atom stereocenters. The quantitative estimate of drug-likeness (QED) is 0.438. The van der Waals surface area contributed by atoms with Crippen molar-refractivity contribution in [1.82, 2.24) is 14.5 Å². The Kier molecular flexibility index (Phi) is 4.48. The van der Waals surface area contributed by atoms with Gasteiger partial charge in [-0.2, -0.15) is 0 Å². The van der Waals surface area contributed by atoms with Crippen molar-refractivity contribution in [3.63, 3.8) is 0 Å². The lowest BCUT2D eigenvalue weighted by Gasteiger charge is -2.12. The van der Waals surface area contributed by atoms with Gasteiger partial charge in [-0.15, -0.1) is 0 Å². The van der Waals surface area contributed by atoms with E-state index in [-0.39, 0.29) is 17.8 Å². The zero-order valence-corrected chi connectivity index (χ0v) is 18.3. The predicted molar refractivity (Wildman–Crippen MR) is 127 cm³/mol. The first kappa shape index (κ1) is 19.9. The first-order valence-corrected chi connectivity index (χ1v) is 11.2. The van der Waals surface area contributed by atoms with Crippen LogP contribution in [0.4, 0.5) is 5.82 Å². The maximum atomic E-state index is 12.7. The number of hydrogen-bond donors (Lipinski definition) is 2. The van der Waals surface area contributed by atoms with E-state index in [0.29, 0.717) is 34.1 Å². The van der Waals surface area contributed by atoms with E-state index in [4.69, 9.17) is 11.6 Å². The second kappa shape index (κ2) is 7.42. The number of fused-ring (bicyclic) bond motifs is 3. The molecule has 4 aromatic rings. The van der Waals surface area contributed by atoms with Crippen molar-refractivity contribution in [3.8, 4) is 11.1 Å². The van der Waals surface area contributed by atoms with Crippen LogP contribution in [0.3, 0.4) is 0 Å². The molecule has 6 rings (SSSR count). The van der Waals surface area contributed by atoms with Crippen molar-refractivity contribution in [1.29, 1.82) is 0 Å². The Morgan fingerprint density at radius 1 is 1.18 bits per heavy atom. The van der Waals surface area contributed by atoms with Crippen LogP contribution in [0, 0.1) is 0 Å². The minimum Gasteiger partial charge on any atom is -0.477 e. The van der Waals surface area contributed by atoms with Crippen molar-refractivity contribution in [2.75, 3.05) is 0 Å². The summed E-state index contributed by atoms with van der Waals surface area (Å²) in [6.45, 7) is 0.223. The molecule has 0 saturated heterocycles. The van der Waals surface area contributed by atoms with Gasteiger partial charge in [-0.1, -0.05) is 11.6 Å². The first-order valence-electron chi connectivity index (χ1n) is 10.8. The number of carbonyl (C=O) groups is 1. The van der Waals surface area contributed by atoms with Gasteiger partial charge in [-0.3, -0.25) is 4.79 Å². The number of rotatable bonds is 4. The molecule has 1 aliphatic heterocycles. The number of aromatic amines is 1. The normalized spacial score (nSPS) is 14.1. The van der Waals surface area contributed by atoms with E-state index in [1.165, 1.54) is 11.1 Å². The van der Waals surface area contributed by atoms with Crippen LogP contribution in [0.2, 0.25) is 5.15 Å². The standard InChI is InChI=1S/C25H19ClN4O3/c26-22-16(9-15-6-8-27-23(15)29-22)12-30-19-11-14-4-1-3-13(14)10-18(19)20(21(30)25(32)33)17-5-2-7-28-24(17)31/h2,5,7-11H,1,3-4,6,12H2,(H,28,31)(H,32,33). The van der Waals surface area contributed by atoms with Gasteiger partial charge in [-0.05, 0) is 60.7 Å². The van der Waals surface area contributed by atoms with Crippen molar-refractivity contribution >= 4 is 40.5 Å². The lowest BCUT2D eigenvalue weighted by Crippen LogP contribution is -2.14. The van der Waals surface area contributed by atoms with Gasteiger partial charge in [0.2, 0.25) is 0 Å². The van der Waals surface area contributed by atoms with E-state index in [1.807, 2.05) is 6.07 Å². The number of halogens is 1. The summed E-state index contributed by atoms with van der Waals surface area (Å²) in [7, 11) is 0. The number of aryl methyl sites for hydroxylation is 2. The van der Waals surface area contributed by atoms with Crippen LogP contribution < -0.4 is 5.56 Å². The second-order valence-electron chi connectivity index (χ2n) is 8.46. The van der Waals surface area contributed by atoms with E-state index >= 15 is 0 Å². The van der Waals surface area contributed by atoms with E-state index in [9.17, 15) is 14.7 Å². The van der Waals surface area contributed by atoms with Crippen LogP contribution >= 0.6 is 11.6 Å². The molecule has 33 heavy (non-hydrogen) atoms. The Balaban J connectivity index is 1.65. The maximum absolute atomic E-state index is 12.7. The van der Waals surface area contributed by atoms with Gasteiger partial charge in [0.25, 0.3) is 5.56 Å². The fourth-order valence-electron chi connectivity index (χ4n) is 5.04. The number of benzene rings is 1. The van der Waals surface area contributed by atoms with E-state index in [1.54, 1.807) is 29.1 Å². The number of carboxylic acids is 1. The predicted octanol–water partition coefficient (Wildman–Crippen LogP) is 4.54. The number of pyridine rings is 2. The van der Waals surface area contributed by atoms with Crippen molar-refractivity contribution in [2.24, 2.45) is 4.99 Å². The lowest BCUT2D eigenvalue weighted by molar-refractivity contribution is 0.0687. The molecule has 2 aliphatic rings. The number of aliphatic imine (C=N–C) groups is 1. The Morgan fingerprint density at radius 3 is 2.79 bits per heavy atom. The number of aromatic carboxylic acids is 1. The first-order chi connectivity index (χ1) is 16.0. The molecular weight excluding hydrogens is 440 g/mol. The topological polar surface area (TPSA) is 100 Å². The summed E-state index contributed by atoms with van der Waals surface area (Å²) in [6, 6.07) is 9.44. The minimum absolute atomic E-state index is 0.0678. The van der Waals surface area contributed by atoms with Gasteiger partial charge < -0.3 is 14.7 Å². The summed E-state index contributed by atoms with van der Waals surface area (Å²) in [4.78, 5) is 36.6. The number of nitrogens with one attached hydrogen (secondary N) is 1. The fraction of sp³-hybridized carbons (Fsp3) is 0.200. The maximum Gasteiger partial charge on any atom is 0.353 e. The minimum atomic E-state index is -1.10. The van der Waals surface area contributed by atoms with Gasteiger partial charge in [0.1, 0.15) is 10.8 Å². The number of nitrogens with zero attached hydrogens (tertiary/aromatic N) is 3. The Hall–Kier alpha value is -3.71. The summed E-state index contributed by atoms with van der Waals surface area (Å²) in [6.07, 6.45) is 6.97. The molecule has 0 radical (unpaired) electrons. The zero-order chi connectivity index (χ0) is 22.7. The Bertz CT molecular complexity index is 1560. The number of carboxylic acid groups (broad SMARTS) is 1.